The number of nitrogens with one attached hydrogen (secondary N) is 1. The van der Waals surface area contributed by atoms with Crippen molar-refractivity contribution in [3.63, 3.8) is 0 Å². The lowest BCUT2D eigenvalue weighted by atomic mass is 10.2. The monoisotopic (exact) mass is 219 g/mol. The number of anilines is 1. The lowest BCUT2D eigenvalue weighted by molar-refractivity contribution is -0.105. The van der Waals surface area contributed by atoms with E-state index in [-0.39, 0.29) is 5.69 Å². The van der Waals surface area contributed by atoms with Crippen molar-refractivity contribution in [2.45, 2.75) is 0 Å². The fourth-order valence-electron chi connectivity index (χ4n) is 1.38. The zero-order valence-corrected chi connectivity index (χ0v) is 8.52. The van der Waals surface area contributed by atoms with E-state index in [9.17, 15) is 9.59 Å². The summed E-state index contributed by atoms with van der Waals surface area (Å²) in [5.41, 5.74) is -0.0543. The summed E-state index contributed by atoms with van der Waals surface area (Å²) in [6, 6.07) is 6.65. The van der Waals surface area contributed by atoms with Gasteiger partial charge in [0, 0.05) is 11.5 Å². The van der Waals surface area contributed by atoms with Crippen LogP contribution in [0.25, 0.3) is 11.0 Å². The Morgan fingerprint density at radius 2 is 2.19 bits per heavy atom. The quantitative estimate of drug-likeness (QED) is 0.625. The van der Waals surface area contributed by atoms with E-state index in [0.29, 0.717) is 23.1 Å². The normalized spacial score (nSPS) is 10.1. The van der Waals surface area contributed by atoms with Gasteiger partial charge in [0.15, 0.2) is 0 Å². The van der Waals surface area contributed by atoms with Gasteiger partial charge in [-0.05, 0) is 18.2 Å². The SMILES string of the molecule is COc1ccc2cc(NC=O)c(=O)oc2c1. The van der Waals surface area contributed by atoms with Crippen LogP contribution in [0.15, 0.2) is 33.5 Å². The molecule has 5 heteroatoms. The molecule has 1 aromatic carbocycles. The maximum atomic E-state index is 11.4. The molecule has 0 saturated heterocycles. The van der Waals surface area contributed by atoms with E-state index in [1.807, 2.05) is 0 Å². The van der Waals surface area contributed by atoms with Gasteiger partial charge < -0.3 is 14.5 Å². The highest BCUT2D eigenvalue weighted by Crippen LogP contribution is 2.21. The van der Waals surface area contributed by atoms with Crippen molar-refractivity contribution in [3.05, 3.63) is 34.7 Å². The van der Waals surface area contributed by atoms with Crippen LogP contribution in [0.1, 0.15) is 0 Å². The zero-order chi connectivity index (χ0) is 11.5. The van der Waals surface area contributed by atoms with Gasteiger partial charge in [0.05, 0.1) is 7.11 Å². The standard InChI is InChI=1S/C11H9NO4/c1-15-8-3-2-7-4-9(12-6-13)11(14)16-10(7)5-8/h2-6H,1H3,(H,12,13). The number of carbonyl (C=O) groups is 1. The minimum absolute atomic E-state index is 0.118. The molecule has 0 saturated carbocycles. The predicted molar refractivity (Wildman–Crippen MR) is 58.7 cm³/mol. The highest BCUT2D eigenvalue weighted by molar-refractivity contribution is 5.83. The Morgan fingerprint density at radius 3 is 2.88 bits per heavy atom. The molecule has 1 N–H and O–H groups in total. The minimum Gasteiger partial charge on any atom is -0.497 e. The molecule has 0 spiro atoms. The highest BCUT2D eigenvalue weighted by atomic mass is 16.5. The van der Waals surface area contributed by atoms with Gasteiger partial charge in [-0.2, -0.15) is 0 Å². The molecule has 5 nitrogen and oxygen atoms in total. The molecule has 1 amide bonds. The fraction of sp³-hybridized carbons (Fsp3) is 0.0909. The maximum Gasteiger partial charge on any atom is 0.360 e. The first-order chi connectivity index (χ1) is 7.74. The Kier molecular flexibility index (Phi) is 2.59. The van der Waals surface area contributed by atoms with E-state index in [1.54, 1.807) is 24.3 Å². The second-order valence-corrected chi connectivity index (χ2v) is 3.11. The van der Waals surface area contributed by atoms with E-state index >= 15 is 0 Å². The molecule has 0 bridgehead atoms. The number of amides is 1. The van der Waals surface area contributed by atoms with Gasteiger partial charge in [-0.25, -0.2) is 4.79 Å². The summed E-state index contributed by atoms with van der Waals surface area (Å²) in [7, 11) is 1.53. The lowest BCUT2D eigenvalue weighted by Gasteiger charge is -2.02. The Morgan fingerprint density at radius 1 is 1.38 bits per heavy atom. The second-order valence-electron chi connectivity index (χ2n) is 3.11. The molecule has 0 fully saturated rings. The Labute approximate surface area is 90.6 Å². The number of benzene rings is 1. The number of fused-ring (bicyclic) bond motifs is 1. The predicted octanol–water partition coefficient (Wildman–Crippen LogP) is 1.37. The third-order valence-electron chi connectivity index (χ3n) is 2.16. The first-order valence-electron chi connectivity index (χ1n) is 4.56. The molecule has 16 heavy (non-hydrogen) atoms. The number of ether oxygens (including phenoxy) is 1. The number of carbonyl (C=O) groups excluding carboxylic acids is 1. The highest BCUT2D eigenvalue weighted by Gasteiger charge is 2.05. The summed E-state index contributed by atoms with van der Waals surface area (Å²) in [5, 5.41) is 2.99. The largest absolute Gasteiger partial charge is 0.497 e. The zero-order valence-electron chi connectivity index (χ0n) is 8.52. The topological polar surface area (TPSA) is 68.5 Å². The Bertz CT molecular complexity index is 588. The van der Waals surface area contributed by atoms with Crippen LogP contribution >= 0.6 is 0 Å². The van der Waals surface area contributed by atoms with Crippen LogP contribution in [0.3, 0.4) is 0 Å². The van der Waals surface area contributed by atoms with Gasteiger partial charge in [0.25, 0.3) is 0 Å². The number of hydrogen-bond donors (Lipinski definition) is 1. The van der Waals surface area contributed by atoms with Crippen LogP contribution in [0, 0.1) is 0 Å². The number of methoxy groups -OCH3 is 1. The van der Waals surface area contributed by atoms with Gasteiger partial charge in [-0.3, -0.25) is 4.79 Å². The summed E-state index contributed by atoms with van der Waals surface area (Å²) in [4.78, 5) is 21.6. The molecule has 2 rings (SSSR count). The van der Waals surface area contributed by atoms with Crippen molar-refractivity contribution < 1.29 is 13.9 Å². The molecule has 2 aromatic rings. The average molecular weight is 219 g/mol. The fourth-order valence-corrected chi connectivity index (χ4v) is 1.38. The third-order valence-corrected chi connectivity index (χ3v) is 2.16. The van der Waals surface area contributed by atoms with Gasteiger partial charge in [-0.15, -0.1) is 0 Å². The van der Waals surface area contributed by atoms with Crippen LogP contribution in [-0.4, -0.2) is 13.5 Å². The van der Waals surface area contributed by atoms with E-state index in [0.717, 1.165) is 0 Å². The molecule has 0 radical (unpaired) electrons. The average Bonchev–Trinajstić information content (AvgIpc) is 2.30. The molecule has 82 valence electrons. The van der Waals surface area contributed by atoms with Gasteiger partial charge >= 0.3 is 5.63 Å². The molecule has 0 aliphatic carbocycles. The summed E-state index contributed by atoms with van der Waals surface area (Å²) >= 11 is 0. The van der Waals surface area contributed by atoms with E-state index in [2.05, 4.69) is 5.32 Å². The van der Waals surface area contributed by atoms with Gasteiger partial charge in [0.1, 0.15) is 17.0 Å². The second kappa shape index (κ2) is 4.06. The molecular formula is C11H9NO4. The van der Waals surface area contributed by atoms with Crippen LogP contribution in [-0.2, 0) is 4.79 Å². The molecule has 1 aromatic heterocycles. The van der Waals surface area contributed by atoms with Crippen molar-refractivity contribution >= 4 is 23.1 Å². The van der Waals surface area contributed by atoms with Crippen molar-refractivity contribution in [3.8, 4) is 5.75 Å². The minimum atomic E-state index is -0.590. The summed E-state index contributed by atoms with van der Waals surface area (Å²) in [6.45, 7) is 0. The summed E-state index contributed by atoms with van der Waals surface area (Å²) in [5.74, 6) is 0.603. The van der Waals surface area contributed by atoms with E-state index in [1.165, 1.54) is 7.11 Å². The van der Waals surface area contributed by atoms with Crippen molar-refractivity contribution in [2.24, 2.45) is 0 Å². The summed E-state index contributed by atoms with van der Waals surface area (Å²) in [6.07, 6.45) is 0.432. The molecule has 0 unspecified atom stereocenters. The van der Waals surface area contributed by atoms with Gasteiger partial charge in [0.2, 0.25) is 6.41 Å². The van der Waals surface area contributed by atoms with E-state index in [4.69, 9.17) is 9.15 Å². The molecular weight excluding hydrogens is 210 g/mol. The van der Waals surface area contributed by atoms with Crippen LogP contribution in [0.4, 0.5) is 5.69 Å². The molecule has 0 atom stereocenters. The lowest BCUT2D eigenvalue weighted by Crippen LogP contribution is -2.08. The Balaban J connectivity index is 2.63. The van der Waals surface area contributed by atoms with Crippen LogP contribution in [0.2, 0.25) is 0 Å². The number of hydrogen-bond acceptors (Lipinski definition) is 4. The van der Waals surface area contributed by atoms with Crippen molar-refractivity contribution in [1.82, 2.24) is 0 Å². The smallest absolute Gasteiger partial charge is 0.360 e. The first kappa shape index (κ1) is 10.2. The van der Waals surface area contributed by atoms with Crippen molar-refractivity contribution in [2.75, 3.05) is 12.4 Å². The summed E-state index contributed by atoms with van der Waals surface area (Å²) < 4.78 is 10.0. The molecule has 0 aliphatic rings. The maximum absolute atomic E-state index is 11.4. The Hall–Kier alpha value is -2.30. The molecule has 1 heterocycles. The third kappa shape index (κ3) is 1.75. The van der Waals surface area contributed by atoms with Gasteiger partial charge in [-0.1, -0.05) is 0 Å². The first-order valence-corrected chi connectivity index (χ1v) is 4.56. The number of rotatable bonds is 3. The van der Waals surface area contributed by atoms with E-state index < -0.39 is 5.63 Å². The van der Waals surface area contributed by atoms with Crippen LogP contribution in [0.5, 0.6) is 5.75 Å². The van der Waals surface area contributed by atoms with Crippen molar-refractivity contribution in [1.29, 1.82) is 0 Å². The molecule has 0 aliphatic heterocycles. The van der Waals surface area contributed by atoms with Crippen LogP contribution < -0.4 is 15.7 Å².